The van der Waals surface area contributed by atoms with Gasteiger partial charge in [0.1, 0.15) is 0 Å². The van der Waals surface area contributed by atoms with E-state index in [1.165, 1.54) is 16.2 Å². The summed E-state index contributed by atoms with van der Waals surface area (Å²) in [6.07, 6.45) is 3.89. The van der Waals surface area contributed by atoms with Gasteiger partial charge in [0.2, 0.25) is 5.91 Å². The predicted octanol–water partition coefficient (Wildman–Crippen LogP) is 4.99. The van der Waals surface area contributed by atoms with Gasteiger partial charge in [-0.25, -0.2) is 4.98 Å². The number of allylic oxidation sites excluding steroid dienone is 1. The van der Waals surface area contributed by atoms with Gasteiger partial charge in [0.25, 0.3) is 0 Å². The van der Waals surface area contributed by atoms with Crippen molar-refractivity contribution in [1.29, 1.82) is 0 Å². The van der Waals surface area contributed by atoms with Crippen molar-refractivity contribution < 1.29 is 19.8 Å². The monoisotopic (exact) mass is 482 g/mol. The standard InChI is InChI=1S/C25H23ClN2O4S/c26-21-12-5-4-10-19(21)22-15-33-25(27-22)28-17(14-29)9-6-11-18(16-7-2-1-3-8-16)20(24(28)32)13-23(30)31/h1-10,12,15,17-18,20,29H,11,13-14H2,(H,30,31)/t17-,18+,20-/m0/s1. The summed E-state index contributed by atoms with van der Waals surface area (Å²) in [5.74, 6) is -2.53. The number of aliphatic hydroxyl groups excluding tert-OH is 1. The zero-order chi connectivity index (χ0) is 23.4. The van der Waals surface area contributed by atoms with Crippen molar-refractivity contribution in [1.82, 2.24) is 4.98 Å². The molecule has 2 N–H and O–H groups in total. The Bertz CT molecular complexity index is 1160. The van der Waals surface area contributed by atoms with E-state index in [4.69, 9.17) is 11.6 Å². The Morgan fingerprint density at radius 2 is 1.88 bits per heavy atom. The molecule has 0 saturated heterocycles. The molecule has 1 aliphatic heterocycles. The van der Waals surface area contributed by atoms with Gasteiger partial charge in [-0.05, 0) is 24.0 Å². The quantitative estimate of drug-likeness (QED) is 0.483. The number of aliphatic hydroxyl groups is 1. The number of carboxylic acids is 1. The molecule has 1 amide bonds. The Hall–Kier alpha value is -3.00. The minimum Gasteiger partial charge on any atom is -0.481 e. The molecule has 6 nitrogen and oxygen atoms in total. The smallest absolute Gasteiger partial charge is 0.304 e. The van der Waals surface area contributed by atoms with E-state index in [0.717, 1.165) is 11.1 Å². The first kappa shape index (κ1) is 23.2. The lowest BCUT2D eigenvalue weighted by Gasteiger charge is -2.35. The maximum Gasteiger partial charge on any atom is 0.304 e. The fraction of sp³-hybridized carbons (Fsp3) is 0.240. The molecular weight excluding hydrogens is 460 g/mol. The van der Waals surface area contributed by atoms with Crippen LogP contribution >= 0.6 is 22.9 Å². The molecular formula is C25H23ClN2O4S. The number of aromatic nitrogens is 1. The number of nitrogens with zero attached hydrogens (tertiary/aromatic N) is 2. The van der Waals surface area contributed by atoms with Gasteiger partial charge in [0.15, 0.2) is 5.13 Å². The van der Waals surface area contributed by atoms with Crippen molar-refractivity contribution in [2.75, 3.05) is 11.5 Å². The predicted molar refractivity (Wildman–Crippen MR) is 130 cm³/mol. The number of carbonyl (C=O) groups excluding carboxylic acids is 1. The fourth-order valence-electron chi connectivity index (χ4n) is 4.18. The molecule has 0 spiro atoms. The minimum atomic E-state index is -1.05. The Labute approximate surface area is 200 Å². The fourth-order valence-corrected chi connectivity index (χ4v) is 5.30. The van der Waals surface area contributed by atoms with E-state index in [-0.39, 0.29) is 24.9 Å². The number of halogens is 1. The summed E-state index contributed by atoms with van der Waals surface area (Å²) >= 11 is 7.58. The van der Waals surface area contributed by atoms with Crippen LogP contribution in [0.5, 0.6) is 0 Å². The molecule has 1 aliphatic rings. The first-order valence-corrected chi connectivity index (χ1v) is 11.8. The summed E-state index contributed by atoms with van der Waals surface area (Å²) in [5.41, 5.74) is 2.26. The molecule has 4 rings (SSSR count). The van der Waals surface area contributed by atoms with Crippen molar-refractivity contribution in [3.63, 3.8) is 0 Å². The molecule has 2 heterocycles. The number of anilines is 1. The summed E-state index contributed by atoms with van der Waals surface area (Å²) in [4.78, 5) is 31.7. The van der Waals surface area contributed by atoms with Gasteiger partial charge in [-0.15, -0.1) is 11.3 Å². The Balaban J connectivity index is 1.77. The number of benzene rings is 2. The number of rotatable bonds is 6. The average molecular weight is 483 g/mol. The van der Waals surface area contributed by atoms with Gasteiger partial charge in [-0.1, -0.05) is 72.3 Å². The molecule has 3 aromatic rings. The Kier molecular flexibility index (Phi) is 7.23. The van der Waals surface area contributed by atoms with E-state index in [2.05, 4.69) is 4.98 Å². The van der Waals surface area contributed by atoms with Gasteiger partial charge < -0.3 is 10.2 Å². The minimum absolute atomic E-state index is 0.307. The maximum atomic E-state index is 13.9. The van der Waals surface area contributed by atoms with Crippen LogP contribution in [0, 0.1) is 5.92 Å². The third kappa shape index (κ3) is 5.00. The zero-order valence-electron chi connectivity index (χ0n) is 17.7. The van der Waals surface area contributed by atoms with E-state index < -0.39 is 17.9 Å². The number of carbonyl (C=O) groups is 2. The van der Waals surface area contributed by atoms with E-state index in [0.29, 0.717) is 22.3 Å². The number of carboxylic acid groups (broad SMARTS) is 1. The Morgan fingerprint density at radius 3 is 2.58 bits per heavy atom. The second-order valence-corrected chi connectivity index (χ2v) is 9.08. The van der Waals surface area contributed by atoms with Crippen molar-refractivity contribution >= 4 is 39.9 Å². The largest absolute Gasteiger partial charge is 0.481 e. The van der Waals surface area contributed by atoms with E-state index in [1.54, 1.807) is 12.1 Å². The van der Waals surface area contributed by atoms with Crippen molar-refractivity contribution in [3.05, 3.63) is 82.7 Å². The average Bonchev–Trinajstić information content (AvgIpc) is 3.28. The van der Waals surface area contributed by atoms with Gasteiger partial charge in [-0.3, -0.25) is 14.5 Å². The lowest BCUT2D eigenvalue weighted by Crippen LogP contribution is -2.47. The number of thiazole rings is 1. The number of hydrogen-bond donors (Lipinski definition) is 2. The lowest BCUT2D eigenvalue weighted by molar-refractivity contribution is -0.141. The highest BCUT2D eigenvalue weighted by Crippen LogP contribution is 2.38. The van der Waals surface area contributed by atoms with Crippen LogP contribution in [-0.4, -0.2) is 39.7 Å². The molecule has 0 aliphatic carbocycles. The molecule has 0 saturated carbocycles. The molecule has 0 radical (unpaired) electrons. The highest BCUT2D eigenvalue weighted by Gasteiger charge is 2.39. The summed E-state index contributed by atoms with van der Waals surface area (Å²) in [7, 11) is 0. The van der Waals surface area contributed by atoms with E-state index in [9.17, 15) is 19.8 Å². The van der Waals surface area contributed by atoms with Crippen LogP contribution in [0.3, 0.4) is 0 Å². The number of hydrogen-bond acceptors (Lipinski definition) is 5. The normalized spacial score (nSPS) is 21.0. The molecule has 0 bridgehead atoms. The molecule has 0 unspecified atom stereocenters. The van der Waals surface area contributed by atoms with Gasteiger partial charge in [0.05, 0.1) is 30.7 Å². The van der Waals surface area contributed by atoms with Crippen LogP contribution in [-0.2, 0) is 9.59 Å². The van der Waals surface area contributed by atoms with E-state index in [1.807, 2.05) is 60.0 Å². The second kappa shape index (κ2) is 10.3. The topological polar surface area (TPSA) is 90.7 Å². The van der Waals surface area contributed by atoms with Crippen LogP contribution in [0.25, 0.3) is 11.3 Å². The third-order valence-electron chi connectivity index (χ3n) is 5.78. The first-order chi connectivity index (χ1) is 16.0. The third-order valence-corrected chi connectivity index (χ3v) is 6.95. The molecule has 8 heteroatoms. The SMILES string of the molecule is O=C(O)C[C@@H]1C(=O)N(c2nc(-c3ccccc3Cl)cs2)[C@H](CO)C=CC[C@@H]1c1ccccc1. The van der Waals surface area contributed by atoms with Crippen molar-refractivity contribution in [3.8, 4) is 11.3 Å². The van der Waals surface area contributed by atoms with Crippen molar-refractivity contribution in [2.24, 2.45) is 5.92 Å². The first-order valence-electron chi connectivity index (χ1n) is 10.6. The molecule has 2 aromatic carbocycles. The molecule has 0 fully saturated rings. The van der Waals surface area contributed by atoms with Crippen LogP contribution in [0.4, 0.5) is 5.13 Å². The highest BCUT2D eigenvalue weighted by atomic mass is 35.5. The molecule has 170 valence electrons. The zero-order valence-corrected chi connectivity index (χ0v) is 19.2. The number of amides is 1. The van der Waals surface area contributed by atoms with Gasteiger partial charge in [-0.2, -0.15) is 0 Å². The van der Waals surface area contributed by atoms with Crippen LogP contribution in [0.2, 0.25) is 5.02 Å². The van der Waals surface area contributed by atoms with Gasteiger partial charge >= 0.3 is 5.97 Å². The van der Waals surface area contributed by atoms with Crippen LogP contribution in [0.1, 0.15) is 24.3 Å². The molecule has 1 aromatic heterocycles. The second-order valence-electron chi connectivity index (χ2n) is 7.84. The summed E-state index contributed by atoms with van der Waals surface area (Å²) in [5, 5.41) is 22.4. The Morgan fingerprint density at radius 1 is 1.15 bits per heavy atom. The highest BCUT2D eigenvalue weighted by molar-refractivity contribution is 7.14. The van der Waals surface area contributed by atoms with Gasteiger partial charge in [0, 0.05) is 16.0 Å². The van der Waals surface area contributed by atoms with E-state index >= 15 is 0 Å². The van der Waals surface area contributed by atoms with Crippen LogP contribution in [0.15, 0.2) is 72.1 Å². The lowest BCUT2D eigenvalue weighted by atomic mass is 9.79. The maximum absolute atomic E-state index is 13.9. The summed E-state index contributed by atoms with van der Waals surface area (Å²) in [6, 6.07) is 16.1. The van der Waals surface area contributed by atoms with Crippen LogP contribution < -0.4 is 4.90 Å². The molecule has 33 heavy (non-hydrogen) atoms. The number of aliphatic carboxylic acids is 1. The summed E-state index contributed by atoms with van der Waals surface area (Å²) in [6.45, 7) is -0.307. The molecule has 3 atom stereocenters. The van der Waals surface area contributed by atoms with Crippen molar-refractivity contribution in [2.45, 2.75) is 24.8 Å². The summed E-state index contributed by atoms with van der Waals surface area (Å²) < 4.78 is 0.